The lowest BCUT2D eigenvalue weighted by Crippen LogP contribution is -1.94. The molecule has 0 radical (unpaired) electrons. The molecule has 4 rings (SSSR count). The number of nitrogens with zero attached hydrogens (tertiary/aromatic N) is 4. The second-order valence-corrected chi connectivity index (χ2v) is 5.76. The second kappa shape index (κ2) is 4.98. The first-order valence-electron chi connectivity index (χ1n) is 7.42. The highest BCUT2D eigenvalue weighted by atomic mass is 15.2. The van der Waals surface area contributed by atoms with Crippen molar-refractivity contribution in [3.63, 3.8) is 0 Å². The van der Waals surface area contributed by atoms with Crippen molar-refractivity contribution in [1.82, 2.24) is 19.3 Å². The highest BCUT2D eigenvalue weighted by Crippen LogP contribution is 2.30. The lowest BCUT2D eigenvalue weighted by Gasteiger charge is -2.07. The van der Waals surface area contributed by atoms with Gasteiger partial charge in [0.1, 0.15) is 5.82 Å². The van der Waals surface area contributed by atoms with Crippen LogP contribution in [0.3, 0.4) is 0 Å². The summed E-state index contributed by atoms with van der Waals surface area (Å²) in [4.78, 5) is 4.36. The molecule has 1 aromatic carbocycles. The van der Waals surface area contributed by atoms with E-state index in [1.165, 1.54) is 10.9 Å². The van der Waals surface area contributed by atoms with E-state index in [2.05, 4.69) is 51.2 Å². The number of anilines is 1. The molecule has 0 amide bonds. The number of nitrogens with two attached hydrogens (primary N) is 1. The van der Waals surface area contributed by atoms with E-state index in [9.17, 15) is 0 Å². The van der Waals surface area contributed by atoms with Crippen molar-refractivity contribution in [2.45, 2.75) is 0 Å². The zero-order chi connectivity index (χ0) is 16.0. The van der Waals surface area contributed by atoms with Crippen LogP contribution in [0.5, 0.6) is 0 Å². The molecule has 4 aromatic rings. The Morgan fingerprint density at radius 2 is 1.83 bits per heavy atom. The van der Waals surface area contributed by atoms with Crippen LogP contribution >= 0.6 is 0 Å². The first kappa shape index (κ1) is 13.6. The zero-order valence-electron chi connectivity index (χ0n) is 13.1. The first-order chi connectivity index (χ1) is 11.1. The van der Waals surface area contributed by atoms with Gasteiger partial charge in [-0.05, 0) is 29.8 Å². The van der Waals surface area contributed by atoms with Gasteiger partial charge in [0.15, 0.2) is 0 Å². The molecule has 0 saturated heterocycles. The van der Waals surface area contributed by atoms with Crippen LogP contribution in [0.15, 0.2) is 55.1 Å². The van der Waals surface area contributed by atoms with Crippen molar-refractivity contribution in [3.8, 4) is 22.3 Å². The first-order valence-corrected chi connectivity index (χ1v) is 7.42. The van der Waals surface area contributed by atoms with Crippen LogP contribution in [-0.2, 0) is 14.1 Å². The van der Waals surface area contributed by atoms with E-state index in [4.69, 9.17) is 5.73 Å². The van der Waals surface area contributed by atoms with Gasteiger partial charge >= 0.3 is 0 Å². The Morgan fingerprint density at radius 1 is 0.957 bits per heavy atom. The average Bonchev–Trinajstić information content (AvgIpc) is 3.14. The van der Waals surface area contributed by atoms with E-state index in [0.717, 1.165) is 22.3 Å². The van der Waals surface area contributed by atoms with Gasteiger partial charge in [0.05, 0.1) is 6.20 Å². The summed E-state index contributed by atoms with van der Waals surface area (Å²) < 4.78 is 3.87. The molecule has 2 N–H and O–H groups in total. The maximum atomic E-state index is 6.05. The monoisotopic (exact) mass is 303 g/mol. The summed E-state index contributed by atoms with van der Waals surface area (Å²) in [5, 5.41) is 5.42. The average molecular weight is 303 g/mol. The van der Waals surface area contributed by atoms with E-state index in [1.54, 1.807) is 10.9 Å². The number of aromatic nitrogens is 4. The SMILES string of the molecule is Cn1cc(-c2cc(-c3ccc4c(ccn4C)c3)cnc2N)cn1. The fourth-order valence-corrected chi connectivity index (χ4v) is 2.89. The Kier molecular flexibility index (Phi) is 2.94. The fraction of sp³-hybridized carbons (Fsp3) is 0.111. The minimum atomic E-state index is 0.516. The van der Waals surface area contributed by atoms with Crippen molar-refractivity contribution in [1.29, 1.82) is 0 Å². The van der Waals surface area contributed by atoms with Crippen LogP contribution in [0.25, 0.3) is 33.2 Å². The molecule has 0 fully saturated rings. The molecule has 0 saturated carbocycles. The molecule has 0 spiro atoms. The maximum Gasteiger partial charge on any atom is 0.131 e. The van der Waals surface area contributed by atoms with Crippen molar-refractivity contribution < 1.29 is 0 Å². The highest BCUT2D eigenvalue weighted by molar-refractivity contribution is 5.87. The molecule has 114 valence electrons. The van der Waals surface area contributed by atoms with Gasteiger partial charge in [-0.3, -0.25) is 4.68 Å². The third kappa shape index (κ3) is 2.26. The molecule has 0 atom stereocenters. The van der Waals surface area contributed by atoms with Gasteiger partial charge in [0.2, 0.25) is 0 Å². The lowest BCUT2D eigenvalue weighted by atomic mass is 10.0. The van der Waals surface area contributed by atoms with Crippen LogP contribution in [-0.4, -0.2) is 19.3 Å². The molecule has 23 heavy (non-hydrogen) atoms. The van der Waals surface area contributed by atoms with Crippen LogP contribution in [0.2, 0.25) is 0 Å². The standard InChI is InChI=1S/C18H17N5/c1-22-6-5-13-7-12(3-4-17(13)22)14-8-16(18(19)20-9-14)15-10-21-23(2)11-15/h3-11H,1-2H3,(H2,19,20). The second-order valence-electron chi connectivity index (χ2n) is 5.76. The van der Waals surface area contributed by atoms with E-state index >= 15 is 0 Å². The smallest absolute Gasteiger partial charge is 0.131 e. The summed E-state index contributed by atoms with van der Waals surface area (Å²) in [7, 11) is 3.94. The molecule has 0 aliphatic carbocycles. The third-order valence-corrected chi connectivity index (χ3v) is 4.15. The van der Waals surface area contributed by atoms with Gasteiger partial charge in [-0.2, -0.15) is 5.10 Å². The molecular weight excluding hydrogens is 286 g/mol. The summed E-state index contributed by atoms with van der Waals surface area (Å²) in [6, 6.07) is 10.6. The summed E-state index contributed by atoms with van der Waals surface area (Å²) >= 11 is 0. The number of nitrogen functional groups attached to an aromatic ring is 1. The summed E-state index contributed by atoms with van der Waals surface area (Å²) in [5.74, 6) is 0.516. The van der Waals surface area contributed by atoms with Gasteiger partial charge in [-0.1, -0.05) is 6.07 Å². The van der Waals surface area contributed by atoms with Gasteiger partial charge in [0.25, 0.3) is 0 Å². The maximum absolute atomic E-state index is 6.05. The number of aryl methyl sites for hydroxylation is 2. The summed E-state index contributed by atoms with van der Waals surface area (Å²) in [6.07, 6.45) is 7.63. The van der Waals surface area contributed by atoms with Crippen LogP contribution in [0.1, 0.15) is 0 Å². The van der Waals surface area contributed by atoms with Gasteiger partial charge < -0.3 is 10.3 Å². The number of pyridine rings is 1. The minimum Gasteiger partial charge on any atom is -0.383 e. The van der Waals surface area contributed by atoms with E-state index in [-0.39, 0.29) is 0 Å². The van der Waals surface area contributed by atoms with E-state index < -0.39 is 0 Å². The Balaban J connectivity index is 1.84. The molecule has 0 unspecified atom stereocenters. The van der Waals surface area contributed by atoms with E-state index in [1.807, 2.05) is 26.5 Å². The molecule has 5 heteroatoms. The highest BCUT2D eigenvalue weighted by Gasteiger charge is 2.09. The third-order valence-electron chi connectivity index (χ3n) is 4.15. The molecule has 3 aromatic heterocycles. The van der Waals surface area contributed by atoms with Crippen molar-refractivity contribution in [3.05, 3.63) is 55.1 Å². The molecule has 0 aliphatic rings. The van der Waals surface area contributed by atoms with Crippen LogP contribution in [0.4, 0.5) is 5.82 Å². The van der Waals surface area contributed by atoms with Gasteiger partial charge in [-0.15, -0.1) is 0 Å². The van der Waals surface area contributed by atoms with Crippen LogP contribution in [0, 0.1) is 0 Å². The predicted octanol–water partition coefficient (Wildman–Crippen LogP) is 3.22. The largest absolute Gasteiger partial charge is 0.383 e. The van der Waals surface area contributed by atoms with Gasteiger partial charge in [-0.25, -0.2) is 4.98 Å². The Bertz CT molecular complexity index is 1010. The number of hydrogen-bond donors (Lipinski definition) is 1. The van der Waals surface area contributed by atoms with E-state index in [0.29, 0.717) is 5.82 Å². The molecule has 3 heterocycles. The van der Waals surface area contributed by atoms with Gasteiger partial charge in [0, 0.05) is 60.3 Å². The molecule has 0 bridgehead atoms. The number of fused-ring (bicyclic) bond motifs is 1. The summed E-state index contributed by atoms with van der Waals surface area (Å²) in [5.41, 5.74) is 11.3. The quantitative estimate of drug-likeness (QED) is 0.618. The number of benzene rings is 1. The lowest BCUT2D eigenvalue weighted by molar-refractivity contribution is 0.768. The van der Waals surface area contributed by atoms with Crippen LogP contribution < -0.4 is 5.73 Å². The molecule has 5 nitrogen and oxygen atoms in total. The zero-order valence-corrected chi connectivity index (χ0v) is 13.1. The Hall–Kier alpha value is -3.08. The minimum absolute atomic E-state index is 0.516. The Morgan fingerprint density at radius 3 is 2.61 bits per heavy atom. The number of rotatable bonds is 2. The van der Waals surface area contributed by atoms with Crippen molar-refractivity contribution in [2.24, 2.45) is 14.1 Å². The normalized spacial score (nSPS) is 11.2. The Labute approximate surface area is 134 Å². The molecule has 0 aliphatic heterocycles. The molecular formula is C18H17N5. The fourth-order valence-electron chi connectivity index (χ4n) is 2.89. The topological polar surface area (TPSA) is 61.7 Å². The number of hydrogen-bond acceptors (Lipinski definition) is 3. The van der Waals surface area contributed by atoms with Crippen molar-refractivity contribution >= 4 is 16.7 Å². The predicted molar refractivity (Wildman–Crippen MR) is 92.8 cm³/mol. The summed E-state index contributed by atoms with van der Waals surface area (Å²) in [6.45, 7) is 0. The van der Waals surface area contributed by atoms with Crippen molar-refractivity contribution in [2.75, 3.05) is 5.73 Å².